The molecule has 1 saturated carbocycles. The molecule has 0 radical (unpaired) electrons. The molecule has 2 heteroatoms. The van der Waals surface area contributed by atoms with E-state index in [-0.39, 0.29) is 11.7 Å². The second-order valence-electron chi connectivity index (χ2n) is 8.80. The van der Waals surface area contributed by atoms with E-state index in [0.717, 1.165) is 32.1 Å². The van der Waals surface area contributed by atoms with E-state index in [2.05, 4.69) is 44.2 Å². The van der Waals surface area contributed by atoms with Crippen molar-refractivity contribution in [2.24, 2.45) is 17.8 Å². The van der Waals surface area contributed by atoms with Gasteiger partial charge in [0.2, 0.25) is 0 Å². The molecule has 4 unspecified atom stereocenters. The summed E-state index contributed by atoms with van der Waals surface area (Å²) in [5.74, 6) is 2.14. The fourth-order valence-electron chi connectivity index (χ4n) is 5.50. The number of allylic oxidation sites excluding steroid dienone is 4. The van der Waals surface area contributed by atoms with Crippen molar-refractivity contribution in [1.82, 2.24) is 0 Å². The van der Waals surface area contributed by atoms with Crippen LogP contribution in [-0.4, -0.2) is 11.6 Å². The number of carbonyl (C=O) groups is 2. The molecule has 3 aliphatic carbocycles. The lowest BCUT2D eigenvalue weighted by atomic mass is 9.65. The van der Waals surface area contributed by atoms with Gasteiger partial charge in [-0.2, -0.15) is 0 Å². The van der Waals surface area contributed by atoms with Crippen molar-refractivity contribution in [1.29, 1.82) is 0 Å². The fourth-order valence-corrected chi connectivity index (χ4v) is 5.50. The van der Waals surface area contributed by atoms with E-state index in [0.29, 0.717) is 36.4 Å². The fraction of sp³-hybridized carbons (Fsp3) is 0.520. The maximum atomic E-state index is 12.7. The molecule has 0 aromatic heterocycles. The Bertz CT molecular complexity index is 799. The van der Waals surface area contributed by atoms with Crippen molar-refractivity contribution >= 4 is 11.6 Å². The van der Waals surface area contributed by atoms with Crippen LogP contribution in [0.5, 0.6) is 0 Å². The van der Waals surface area contributed by atoms with Gasteiger partial charge in [0, 0.05) is 24.7 Å². The third-order valence-corrected chi connectivity index (χ3v) is 7.07. The lowest BCUT2D eigenvalue weighted by Gasteiger charge is -2.39. The molecule has 0 saturated heterocycles. The van der Waals surface area contributed by atoms with E-state index in [1.807, 2.05) is 6.08 Å². The van der Waals surface area contributed by atoms with E-state index in [1.54, 1.807) is 5.57 Å². The summed E-state index contributed by atoms with van der Waals surface area (Å²) in [5.41, 5.74) is 5.62. The van der Waals surface area contributed by atoms with Crippen LogP contribution in [0.4, 0.5) is 0 Å². The van der Waals surface area contributed by atoms with E-state index in [9.17, 15) is 9.59 Å². The molecule has 0 amide bonds. The highest BCUT2D eigenvalue weighted by atomic mass is 16.1. The van der Waals surface area contributed by atoms with Crippen molar-refractivity contribution in [2.75, 3.05) is 0 Å². The lowest BCUT2D eigenvalue weighted by molar-refractivity contribution is -0.122. The zero-order chi connectivity index (χ0) is 19.0. The summed E-state index contributed by atoms with van der Waals surface area (Å²) >= 11 is 0. The van der Waals surface area contributed by atoms with Crippen LogP contribution in [0, 0.1) is 17.8 Å². The Labute approximate surface area is 162 Å². The lowest BCUT2D eigenvalue weighted by Crippen LogP contribution is -2.26. The molecule has 142 valence electrons. The summed E-state index contributed by atoms with van der Waals surface area (Å²) in [7, 11) is 0. The number of Topliss-reactive ketones (excluding diaryl/α,β-unsaturated/α-hetero) is 1. The Balaban J connectivity index is 1.89. The summed E-state index contributed by atoms with van der Waals surface area (Å²) < 4.78 is 0. The number of hydrogen-bond acceptors (Lipinski definition) is 2. The molecule has 0 spiro atoms. The minimum absolute atomic E-state index is 0.0915. The Morgan fingerprint density at radius 3 is 2.44 bits per heavy atom. The van der Waals surface area contributed by atoms with Gasteiger partial charge in [0.25, 0.3) is 0 Å². The number of fused-ring (bicyclic) bond motifs is 2. The number of carbonyl (C=O) groups excluding carboxylic acids is 2. The van der Waals surface area contributed by atoms with Gasteiger partial charge in [0.05, 0.1) is 0 Å². The van der Waals surface area contributed by atoms with Gasteiger partial charge < -0.3 is 0 Å². The first-order chi connectivity index (χ1) is 13.0. The zero-order valence-electron chi connectivity index (χ0n) is 16.5. The van der Waals surface area contributed by atoms with Crippen LogP contribution in [0.1, 0.15) is 70.3 Å². The second-order valence-corrected chi connectivity index (χ2v) is 8.80. The normalized spacial score (nSPS) is 32.0. The summed E-state index contributed by atoms with van der Waals surface area (Å²) in [6.07, 6.45) is 8.17. The van der Waals surface area contributed by atoms with Gasteiger partial charge in [-0.05, 0) is 66.7 Å². The summed E-state index contributed by atoms with van der Waals surface area (Å²) in [5, 5.41) is 0. The van der Waals surface area contributed by atoms with Crippen LogP contribution < -0.4 is 0 Å². The molecule has 1 fully saturated rings. The van der Waals surface area contributed by atoms with Crippen molar-refractivity contribution in [3.8, 4) is 0 Å². The van der Waals surface area contributed by atoms with Crippen molar-refractivity contribution in [2.45, 2.75) is 64.7 Å². The Morgan fingerprint density at radius 1 is 0.889 bits per heavy atom. The van der Waals surface area contributed by atoms with Gasteiger partial charge >= 0.3 is 0 Å². The van der Waals surface area contributed by atoms with Crippen LogP contribution >= 0.6 is 0 Å². The molecule has 1 aromatic carbocycles. The topological polar surface area (TPSA) is 34.1 Å². The van der Waals surface area contributed by atoms with E-state index < -0.39 is 0 Å². The quantitative estimate of drug-likeness (QED) is 0.633. The van der Waals surface area contributed by atoms with Crippen molar-refractivity contribution in [3.63, 3.8) is 0 Å². The monoisotopic (exact) mass is 362 g/mol. The van der Waals surface area contributed by atoms with Gasteiger partial charge in [-0.25, -0.2) is 0 Å². The van der Waals surface area contributed by atoms with Crippen molar-refractivity contribution < 1.29 is 9.59 Å². The maximum Gasteiger partial charge on any atom is 0.156 e. The van der Waals surface area contributed by atoms with Crippen LogP contribution in [0.15, 0.2) is 53.1 Å². The van der Waals surface area contributed by atoms with Gasteiger partial charge in [-0.15, -0.1) is 0 Å². The third kappa shape index (κ3) is 3.59. The Kier molecular flexibility index (Phi) is 5.16. The summed E-state index contributed by atoms with van der Waals surface area (Å²) in [6, 6.07) is 10.7. The number of ketones is 2. The largest absolute Gasteiger partial charge is 0.299 e. The minimum atomic E-state index is 0.0915. The summed E-state index contributed by atoms with van der Waals surface area (Å²) in [4.78, 5) is 24.7. The smallest absolute Gasteiger partial charge is 0.156 e. The molecule has 0 aliphatic heterocycles. The average Bonchev–Trinajstić information content (AvgIpc) is 2.73. The SMILES string of the molecule is CC1CC(c2ccccc2)C2=C3CCC(=O)C=C3CCC2C(C)CCC1=O. The first-order valence-electron chi connectivity index (χ1n) is 10.6. The van der Waals surface area contributed by atoms with Gasteiger partial charge in [-0.1, -0.05) is 49.8 Å². The number of benzene rings is 1. The molecule has 2 nitrogen and oxygen atoms in total. The highest BCUT2D eigenvalue weighted by Crippen LogP contribution is 2.50. The molecule has 0 bridgehead atoms. The van der Waals surface area contributed by atoms with Crippen LogP contribution in [-0.2, 0) is 9.59 Å². The standard InChI is InChI=1S/C25H30O2/c1-16-8-13-24(27)17(2)14-23(18-6-4-3-5-7-18)25-21(16)11-9-19-15-20(26)10-12-22(19)25/h3-7,15-17,21,23H,8-14H2,1-2H3. The molecular weight excluding hydrogens is 332 g/mol. The van der Waals surface area contributed by atoms with E-state index in [1.165, 1.54) is 16.7 Å². The van der Waals surface area contributed by atoms with E-state index >= 15 is 0 Å². The molecule has 4 rings (SSSR count). The molecule has 1 aromatic rings. The van der Waals surface area contributed by atoms with Gasteiger partial charge in [0.1, 0.15) is 5.78 Å². The minimum Gasteiger partial charge on any atom is -0.299 e. The molecule has 4 atom stereocenters. The maximum absolute atomic E-state index is 12.7. The Hall–Kier alpha value is -1.96. The number of hydrogen-bond donors (Lipinski definition) is 0. The van der Waals surface area contributed by atoms with Crippen LogP contribution in [0.2, 0.25) is 0 Å². The van der Waals surface area contributed by atoms with Crippen LogP contribution in [0.25, 0.3) is 0 Å². The predicted molar refractivity (Wildman–Crippen MR) is 108 cm³/mol. The van der Waals surface area contributed by atoms with Crippen LogP contribution in [0.3, 0.4) is 0 Å². The highest BCUT2D eigenvalue weighted by molar-refractivity contribution is 5.93. The predicted octanol–water partition coefficient (Wildman–Crippen LogP) is 5.79. The van der Waals surface area contributed by atoms with Crippen molar-refractivity contribution in [3.05, 3.63) is 58.7 Å². The molecular formula is C25H30O2. The van der Waals surface area contributed by atoms with E-state index in [4.69, 9.17) is 0 Å². The Morgan fingerprint density at radius 2 is 1.67 bits per heavy atom. The molecule has 0 heterocycles. The zero-order valence-corrected chi connectivity index (χ0v) is 16.5. The second kappa shape index (κ2) is 7.58. The first-order valence-corrected chi connectivity index (χ1v) is 10.6. The summed E-state index contributed by atoms with van der Waals surface area (Å²) in [6.45, 7) is 4.44. The molecule has 0 N–H and O–H groups in total. The molecule has 3 aliphatic rings. The van der Waals surface area contributed by atoms with Gasteiger partial charge in [-0.3, -0.25) is 9.59 Å². The number of rotatable bonds is 1. The van der Waals surface area contributed by atoms with Gasteiger partial charge in [0.15, 0.2) is 5.78 Å². The first kappa shape index (κ1) is 18.4. The average molecular weight is 363 g/mol. The third-order valence-electron chi connectivity index (χ3n) is 7.07. The highest BCUT2D eigenvalue weighted by Gasteiger charge is 2.38. The molecule has 27 heavy (non-hydrogen) atoms.